The third-order valence-electron chi connectivity index (χ3n) is 1.75. The third-order valence-corrected chi connectivity index (χ3v) is 2.52. The maximum atomic E-state index is 8.75. The van der Waals surface area contributed by atoms with Gasteiger partial charge in [-0.05, 0) is 12.1 Å². The highest BCUT2D eigenvalue weighted by Gasteiger charge is 2.00. The molecule has 0 unspecified atom stereocenters. The average Bonchev–Trinajstić information content (AvgIpc) is 2.76. The number of nitrogens with zero attached hydrogens (tertiary/aromatic N) is 3. The predicted molar refractivity (Wildman–Crippen MR) is 50.4 cm³/mol. The van der Waals surface area contributed by atoms with Crippen LogP contribution in [0.15, 0.2) is 30.0 Å². The second kappa shape index (κ2) is 3.42. The number of nitriles is 1. The summed E-state index contributed by atoms with van der Waals surface area (Å²) in [6.45, 7) is 0.737. The fourth-order valence-corrected chi connectivity index (χ4v) is 1.73. The van der Waals surface area contributed by atoms with Gasteiger partial charge < -0.3 is 4.57 Å². The topological polar surface area (TPSA) is 41.6 Å². The summed E-state index contributed by atoms with van der Waals surface area (Å²) in [7, 11) is 0. The number of rotatable bonds is 2. The highest BCUT2D eigenvalue weighted by atomic mass is 32.1. The zero-order valence-electron chi connectivity index (χ0n) is 6.84. The molecule has 0 bridgehead atoms. The minimum atomic E-state index is 0.688. The molecule has 0 aliphatic heterocycles. The van der Waals surface area contributed by atoms with Gasteiger partial charge in [0.25, 0.3) is 0 Å². The van der Waals surface area contributed by atoms with E-state index < -0.39 is 0 Å². The summed E-state index contributed by atoms with van der Waals surface area (Å²) in [4.78, 5) is 5.14. The Morgan fingerprint density at radius 3 is 3.23 bits per heavy atom. The molecule has 4 heteroatoms. The summed E-state index contributed by atoms with van der Waals surface area (Å²) in [5, 5.41) is 8.75. The van der Waals surface area contributed by atoms with Crippen molar-refractivity contribution in [3.63, 3.8) is 0 Å². The Hall–Kier alpha value is -1.60. The number of hydrogen-bond acceptors (Lipinski definition) is 3. The van der Waals surface area contributed by atoms with Crippen molar-refractivity contribution in [2.24, 2.45) is 0 Å². The first-order valence-electron chi connectivity index (χ1n) is 3.83. The Bertz CT molecular complexity index is 422. The van der Waals surface area contributed by atoms with Crippen LogP contribution in [0.5, 0.6) is 0 Å². The summed E-state index contributed by atoms with van der Waals surface area (Å²) in [5.74, 6) is 0. The lowest BCUT2D eigenvalue weighted by Gasteiger charge is -2.00. The van der Waals surface area contributed by atoms with Gasteiger partial charge in [0.05, 0.1) is 12.1 Å². The second-order valence-electron chi connectivity index (χ2n) is 2.60. The summed E-state index contributed by atoms with van der Waals surface area (Å²) in [6.07, 6.45) is 3.73. The van der Waals surface area contributed by atoms with Crippen molar-refractivity contribution in [1.29, 1.82) is 5.26 Å². The molecule has 0 fully saturated rings. The molecular weight excluding hydrogens is 182 g/mol. The zero-order valence-corrected chi connectivity index (χ0v) is 7.66. The molecule has 0 atom stereocenters. The Labute approximate surface area is 79.9 Å². The maximum absolute atomic E-state index is 8.75. The Kier molecular flexibility index (Phi) is 2.11. The van der Waals surface area contributed by atoms with Crippen LogP contribution >= 0.6 is 11.3 Å². The smallest absolute Gasteiger partial charge is 0.120 e. The molecule has 0 saturated heterocycles. The van der Waals surface area contributed by atoms with E-state index in [1.807, 2.05) is 23.0 Å². The highest BCUT2D eigenvalue weighted by molar-refractivity contribution is 7.09. The van der Waals surface area contributed by atoms with Crippen molar-refractivity contribution in [1.82, 2.24) is 9.55 Å². The molecule has 13 heavy (non-hydrogen) atoms. The van der Waals surface area contributed by atoms with Crippen molar-refractivity contribution in [3.05, 3.63) is 40.6 Å². The summed E-state index contributed by atoms with van der Waals surface area (Å²) < 4.78 is 1.91. The van der Waals surface area contributed by atoms with Gasteiger partial charge in [-0.2, -0.15) is 5.26 Å². The minimum absolute atomic E-state index is 0.688. The average molecular weight is 189 g/mol. The van der Waals surface area contributed by atoms with Crippen LogP contribution in [0.25, 0.3) is 0 Å². The van der Waals surface area contributed by atoms with Crippen LogP contribution in [0.1, 0.15) is 10.6 Å². The lowest BCUT2D eigenvalue weighted by molar-refractivity contribution is 0.804. The van der Waals surface area contributed by atoms with E-state index >= 15 is 0 Å². The van der Waals surface area contributed by atoms with Crippen LogP contribution in [0, 0.1) is 11.3 Å². The van der Waals surface area contributed by atoms with E-state index in [0.29, 0.717) is 5.69 Å². The molecule has 0 aromatic carbocycles. The normalized spacial score (nSPS) is 9.77. The summed E-state index contributed by atoms with van der Waals surface area (Å²) in [5.41, 5.74) is 2.48. The first-order valence-corrected chi connectivity index (χ1v) is 4.71. The predicted octanol–water partition coefficient (Wildman–Crippen LogP) is 1.86. The maximum Gasteiger partial charge on any atom is 0.120 e. The van der Waals surface area contributed by atoms with Gasteiger partial charge in [-0.25, -0.2) is 0 Å². The van der Waals surface area contributed by atoms with E-state index in [2.05, 4.69) is 11.1 Å². The number of thiazole rings is 1. The Morgan fingerprint density at radius 2 is 2.54 bits per heavy atom. The van der Waals surface area contributed by atoms with Gasteiger partial charge in [0, 0.05) is 17.3 Å². The van der Waals surface area contributed by atoms with Crippen molar-refractivity contribution >= 4 is 11.3 Å². The molecular formula is C9H7N3S. The molecule has 0 aliphatic carbocycles. The van der Waals surface area contributed by atoms with Crippen LogP contribution in [0.2, 0.25) is 0 Å². The molecule has 0 amide bonds. The zero-order chi connectivity index (χ0) is 9.10. The second-order valence-corrected chi connectivity index (χ2v) is 3.57. The van der Waals surface area contributed by atoms with Crippen molar-refractivity contribution < 1.29 is 0 Å². The van der Waals surface area contributed by atoms with Gasteiger partial charge >= 0.3 is 0 Å². The molecule has 0 saturated carbocycles. The molecule has 0 aliphatic rings. The van der Waals surface area contributed by atoms with E-state index in [4.69, 9.17) is 5.26 Å². The molecule has 2 aromatic heterocycles. The van der Waals surface area contributed by atoms with Gasteiger partial charge in [-0.3, -0.25) is 4.98 Å². The van der Waals surface area contributed by atoms with E-state index in [-0.39, 0.29) is 0 Å². The molecule has 3 nitrogen and oxygen atoms in total. The van der Waals surface area contributed by atoms with Crippen LogP contribution in [-0.4, -0.2) is 9.55 Å². The van der Waals surface area contributed by atoms with Crippen LogP contribution in [0.4, 0.5) is 0 Å². The molecule has 2 aromatic rings. The molecule has 2 heterocycles. The van der Waals surface area contributed by atoms with E-state index in [0.717, 1.165) is 11.4 Å². The van der Waals surface area contributed by atoms with Gasteiger partial charge in [0.15, 0.2) is 0 Å². The third kappa shape index (κ3) is 1.60. The monoisotopic (exact) mass is 189 g/mol. The van der Waals surface area contributed by atoms with E-state index in [1.54, 1.807) is 22.9 Å². The quantitative estimate of drug-likeness (QED) is 0.723. The molecule has 64 valence electrons. The van der Waals surface area contributed by atoms with E-state index in [1.165, 1.54) is 0 Å². The molecule has 0 N–H and O–H groups in total. The van der Waals surface area contributed by atoms with Crippen molar-refractivity contribution in [3.8, 4) is 6.07 Å². The van der Waals surface area contributed by atoms with Crippen LogP contribution in [0.3, 0.4) is 0 Å². The molecule has 0 radical (unpaired) electrons. The Balaban J connectivity index is 2.24. The number of hydrogen-bond donors (Lipinski definition) is 0. The lowest BCUT2D eigenvalue weighted by atomic mass is 10.4. The summed E-state index contributed by atoms with van der Waals surface area (Å²) in [6, 6.07) is 5.82. The van der Waals surface area contributed by atoms with Crippen LogP contribution < -0.4 is 0 Å². The SMILES string of the molecule is N#Cc1cccn1Cc1cncs1. The van der Waals surface area contributed by atoms with Crippen molar-refractivity contribution in [2.75, 3.05) is 0 Å². The van der Waals surface area contributed by atoms with Gasteiger partial charge in [-0.1, -0.05) is 0 Å². The van der Waals surface area contributed by atoms with E-state index in [9.17, 15) is 0 Å². The highest BCUT2D eigenvalue weighted by Crippen LogP contribution is 2.10. The molecule has 0 spiro atoms. The first-order chi connectivity index (χ1) is 6.40. The fraction of sp³-hybridized carbons (Fsp3) is 0.111. The fourth-order valence-electron chi connectivity index (χ4n) is 1.14. The van der Waals surface area contributed by atoms with Crippen molar-refractivity contribution in [2.45, 2.75) is 6.54 Å². The van der Waals surface area contributed by atoms with Crippen LogP contribution in [-0.2, 0) is 6.54 Å². The summed E-state index contributed by atoms with van der Waals surface area (Å²) >= 11 is 1.60. The standard InChI is InChI=1S/C9H7N3S/c10-4-8-2-1-3-12(8)6-9-5-11-7-13-9/h1-3,5,7H,6H2. The van der Waals surface area contributed by atoms with Gasteiger partial charge in [0.1, 0.15) is 11.8 Å². The number of aromatic nitrogens is 2. The molecule has 2 rings (SSSR count). The largest absolute Gasteiger partial charge is 0.334 e. The van der Waals surface area contributed by atoms with Gasteiger partial charge in [0.2, 0.25) is 0 Å². The minimum Gasteiger partial charge on any atom is -0.334 e. The Morgan fingerprint density at radius 1 is 1.62 bits per heavy atom. The van der Waals surface area contributed by atoms with Gasteiger partial charge in [-0.15, -0.1) is 11.3 Å². The lowest BCUT2D eigenvalue weighted by Crippen LogP contribution is -1.98. The first kappa shape index (κ1) is 8.02.